The fraction of sp³-hybridized carbons (Fsp3) is 0.294. The van der Waals surface area contributed by atoms with Crippen LogP contribution in [0.1, 0.15) is 35.5 Å². The summed E-state index contributed by atoms with van der Waals surface area (Å²) in [5.74, 6) is -0.113. The fourth-order valence-electron chi connectivity index (χ4n) is 2.29. The molecule has 4 nitrogen and oxygen atoms in total. The predicted octanol–water partition coefficient (Wildman–Crippen LogP) is 3.69. The Morgan fingerprint density at radius 1 is 1.32 bits per heavy atom. The van der Waals surface area contributed by atoms with Crippen molar-refractivity contribution >= 4 is 27.9 Å². The molecule has 0 aliphatic rings. The Balaban J connectivity index is 2.03. The highest BCUT2D eigenvalue weighted by atomic mass is 79.9. The van der Waals surface area contributed by atoms with Crippen LogP contribution in [-0.2, 0) is 11.8 Å². The van der Waals surface area contributed by atoms with E-state index < -0.39 is 0 Å². The van der Waals surface area contributed by atoms with Crippen LogP contribution in [0.3, 0.4) is 0 Å². The second kappa shape index (κ2) is 6.92. The molecule has 0 radical (unpaired) electrons. The van der Waals surface area contributed by atoms with Crippen molar-refractivity contribution in [3.05, 3.63) is 57.3 Å². The van der Waals surface area contributed by atoms with Gasteiger partial charge in [-0.2, -0.15) is 5.10 Å². The van der Waals surface area contributed by atoms with Gasteiger partial charge in [0.2, 0.25) is 5.91 Å². The molecule has 1 unspecified atom stereocenters. The minimum atomic E-state index is -0.113. The van der Waals surface area contributed by atoms with E-state index in [0.29, 0.717) is 0 Å². The monoisotopic (exact) mass is 361 g/mol. The van der Waals surface area contributed by atoms with E-state index in [9.17, 15) is 4.79 Å². The number of carbonyl (C=O) groups excluding carboxylic acids is 1. The lowest BCUT2D eigenvalue weighted by atomic mass is 10.1. The molecule has 1 amide bonds. The van der Waals surface area contributed by atoms with Crippen LogP contribution >= 0.6 is 15.9 Å². The van der Waals surface area contributed by atoms with Crippen molar-refractivity contribution in [2.24, 2.45) is 7.05 Å². The van der Waals surface area contributed by atoms with Crippen LogP contribution < -0.4 is 5.32 Å². The van der Waals surface area contributed by atoms with Crippen LogP contribution in [-0.4, -0.2) is 15.7 Å². The Bertz CT molecular complexity index is 701. The number of hydrogen-bond acceptors (Lipinski definition) is 2. The first-order valence-electron chi connectivity index (χ1n) is 7.12. The molecular weight excluding hydrogens is 342 g/mol. The lowest BCUT2D eigenvalue weighted by Gasteiger charge is -2.12. The topological polar surface area (TPSA) is 46.9 Å². The number of nitrogens with zero attached hydrogens (tertiary/aromatic N) is 2. The maximum Gasteiger partial charge on any atom is 0.244 e. The zero-order valence-corrected chi connectivity index (χ0v) is 14.8. The van der Waals surface area contributed by atoms with Crippen LogP contribution in [0.25, 0.3) is 6.08 Å². The molecule has 0 aliphatic heterocycles. The molecule has 116 valence electrons. The largest absolute Gasteiger partial charge is 0.346 e. The average Bonchev–Trinajstić information content (AvgIpc) is 2.70. The quantitative estimate of drug-likeness (QED) is 0.844. The van der Waals surface area contributed by atoms with Crippen molar-refractivity contribution in [1.82, 2.24) is 15.1 Å². The lowest BCUT2D eigenvalue weighted by molar-refractivity contribution is -0.117. The molecule has 1 heterocycles. The maximum atomic E-state index is 12.1. The number of carbonyl (C=O) groups is 1. The van der Waals surface area contributed by atoms with E-state index in [1.165, 1.54) is 0 Å². The summed E-state index contributed by atoms with van der Waals surface area (Å²) in [5, 5.41) is 7.30. The van der Waals surface area contributed by atoms with E-state index >= 15 is 0 Å². The third-order valence-electron chi connectivity index (χ3n) is 3.70. The van der Waals surface area contributed by atoms with E-state index in [2.05, 4.69) is 26.3 Å². The van der Waals surface area contributed by atoms with E-state index in [-0.39, 0.29) is 11.9 Å². The summed E-state index contributed by atoms with van der Waals surface area (Å²) in [6.07, 6.45) is 3.38. The normalized spacial score (nSPS) is 12.6. The third-order valence-corrected chi connectivity index (χ3v) is 4.22. The lowest BCUT2D eigenvalue weighted by Crippen LogP contribution is -2.24. The van der Waals surface area contributed by atoms with Crippen molar-refractivity contribution < 1.29 is 4.79 Å². The first kappa shape index (κ1) is 16.5. The van der Waals surface area contributed by atoms with Gasteiger partial charge in [0.1, 0.15) is 0 Å². The Morgan fingerprint density at radius 2 is 1.95 bits per heavy atom. The first-order chi connectivity index (χ1) is 10.4. The van der Waals surface area contributed by atoms with Crippen LogP contribution in [0.2, 0.25) is 0 Å². The van der Waals surface area contributed by atoms with Gasteiger partial charge in [-0.15, -0.1) is 0 Å². The summed E-state index contributed by atoms with van der Waals surface area (Å²) in [6, 6.07) is 7.88. The summed E-state index contributed by atoms with van der Waals surface area (Å²) in [6.45, 7) is 5.90. The summed E-state index contributed by atoms with van der Waals surface area (Å²) >= 11 is 3.41. The van der Waals surface area contributed by atoms with Gasteiger partial charge in [0.05, 0.1) is 11.7 Å². The molecule has 5 heteroatoms. The summed E-state index contributed by atoms with van der Waals surface area (Å²) in [7, 11) is 1.90. The minimum Gasteiger partial charge on any atom is -0.346 e. The Hall–Kier alpha value is -1.88. The molecule has 2 aromatic rings. The highest BCUT2D eigenvalue weighted by Gasteiger charge is 2.09. The average molecular weight is 362 g/mol. The highest BCUT2D eigenvalue weighted by molar-refractivity contribution is 9.10. The Labute approximate surface area is 139 Å². The zero-order chi connectivity index (χ0) is 16.3. The number of hydrogen-bond donors (Lipinski definition) is 1. The van der Waals surface area contributed by atoms with Gasteiger partial charge in [-0.25, -0.2) is 0 Å². The van der Waals surface area contributed by atoms with Crippen LogP contribution in [0.15, 0.2) is 34.8 Å². The Morgan fingerprint density at radius 3 is 2.50 bits per heavy atom. The summed E-state index contributed by atoms with van der Waals surface area (Å²) in [4.78, 5) is 12.1. The second-order valence-electron chi connectivity index (χ2n) is 5.32. The van der Waals surface area contributed by atoms with Gasteiger partial charge in [0, 0.05) is 28.9 Å². The van der Waals surface area contributed by atoms with Gasteiger partial charge >= 0.3 is 0 Å². The van der Waals surface area contributed by atoms with Gasteiger partial charge in [-0.05, 0) is 44.5 Å². The molecule has 0 saturated heterocycles. The van der Waals surface area contributed by atoms with Crippen LogP contribution in [0.4, 0.5) is 0 Å². The number of nitrogens with one attached hydrogen (secondary N) is 1. The van der Waals surface area contributed by atoms with Crippen molar-refractivity contribution in [3.63, 3.8) is 0 Å². The Kier molecular flexibility index (Phi) is 5.19. The van der Waals surface area contributed by atoms with Crippen LogP contribution in [0.5, 0.6) is 0 Å². The second-order valence-corrected chi connectivity index (χ2v) is 6.24. The van der Waals surface area contributed by atoms with E-state index in [4.69, 9.17) is 0 Å². The molecule has 0 aliphatic carbocycles. The van der Waals surface area contributed by atoms with Crippen molar-refractivity contribution in [2.45, 2.75) is 26.8 Å². The number of halogens is 1. The molecule has 0 fully saturated rings. The van der Waals surface area contributed by atoms with E-state index in [0.717, 1.165) is 27.0 Å². The first-order valence-corrected chi connectivity index (χ1v) is 7.92. The molecule has 0 bridgehead atoms. The molecule has 0 spiro atoms. The van der Waals surface area contributed by atoms with Crippen LogP contribution in [0, 0.1) is 13.8 Å². The number of aryl methyl sites for hydroxylation is 2. The zero-order valence-electron chi connectivity index (χ0n) is 13.2. The molecule has 1 aromatic heterocycles. The molecule has 1 aromatic carbocycles. The fourth-order valence-corrected chi connectivity index (χ4v) is 2.55. The van der Waals surface area contributed by atoms with E-state index in [1.807, 2.05) is 62.8 Å². The van der Waals surface area contributed by atoms with Gasteiger partial charge in [0.15, 0.2) is 0 Å². The predicted molar refractivity (Wildman–Crippen MR) is 92.4 cm³/mol. The SMILES string of the molecule is Cc1nn(C)c(C)c1/C=C/C(=O)NC(C)c1ccc(Br)cc1. The molecule has 1 atom stereocenters. The van der Waals surface area contributed by atoms with Gasteiger partial charge in [-0.3, -0.25) is 9.48 Å². The summed E-state index contributed by atoms with van der Waals surface area (Å²) in [5.41, 5.74) is 4.03. The summed E-state index contributed by atoms with van der Waals surface area (Å²) < 4.78 is 2.84. The molecule has 1 N–H and O–H groups in total. The molecule has 22 heavy (non-hydrogen) atoms. The standard InChI is InChI=1S/C17H20BrN3O/c1-11(14-5-7-15(18)8-6-14)19-17(22)10-9-16-12(2)20-21(4)13(16)3/h5-11H,1-4H3,(H,19,22)/b10-9+. The molecule has 2 rings (SSSR count). The van der Waals surface area contributed by atoms with Gasteiger partial charge < -0.3 is 5.32 Å². The van der Waals surface area contributed by atoms with Gasteiger partial charge in [-0.1, -0.05) is 28.1 Å². The maximum absolute atomic E-state index is 12.1. The van der Waals surface area contributed by atoms with Crippen molar-refractivity contribution in [2.75, 3.05) is 0 Å². The molecule has 0 saturated carbocycles. The smallest absolute Gasteiger partial charge is 0.244 e. The third kappa shape index (κ3) is 3.85. The number of aromatic nitrogens is 2. The van der Waals surface area contributed by atoms with E-state index in [1.54, 1.807) is 6.08 Å². The van der Waals surface area contributed by atoms with Crippen molar-refractivity contribution in [1.29, 1.82) is 0 Å². The number of benzene rings is 1. The molecular formula is C17H20BrN3O. The highest BCUT2D eigenvalue weighted by Crippen LogP contribution is 2.17. The number of rotatable bonds is 4. The minimum absolute atomic E-state index is 0.0404. The number of amides is 1. The van der Waals surface area contributed by atoms with Crippen molar-refractivity contribution in [3.8, 4) is 0 Å². The van der Waals surface area contributed by atoms with Gasteiger partial charge in [0.25, 0.3) is 0 Å².